The van der Waals surface area contributed by atoms with Gasteiger partial charge in [-0.25, -0.2) is 9.78 Å². The summed E-state index contributed by atoms with van der Waals surface area (Å²) in [6.45, 7) is 2.22. The third kappa shape index (κ3) is 2.91. The average molecular weight is 317 g/mol. The highest BCUT2D eigenvalue weighted by Crippen LogP contribution is 2.30. The first-order valence-electron chi connectivity index (χ1n) is 7.71. The zero-order valence-electron chi connectivity index (χ0n) is 13.0. The van der Waals surface area contributed by atoms with E-state index in [2.05, 4.69) is 10.3 Å². The van der Waals surface area contributed by atoms with Crippen molar-refractivity contribution in [1.29, 1.82) is 0 Å². The number of amides is 2. The molecule has 0 aromatic carbocycles. The first kappa shape index (κ1) is 15.5. The topological polar surface area (TPSA) is 99.6 Å². The van der Waals surface area contributed by atoms with Gasteiger partial charge in [0.05, 0.1) is 11.1 Å². The van der Waals surface area contributed by atoms with Gasteiger partial charge >= 0.3 is 12.0 Å². The van der Waals surface area contributed by atoms with Crippen LogP contribution in [0.3, 0.4) is 0 Å². The van der Waals surface area contributed by atoms with Crippen molar-refractivity contribution in [3.8, 4) is 0 Å². The predicted octanol–water partition coefficient (Wildman–Crippen LogP) is 1.93. The molecule has 3 rings (SSSR count). The minimum absolute atomic E-state index is 0.0911. The number of carbonyl (C=O) groups is 3. The number of hydrogen-bond donors (Lipinski definition) is 2. The van der Waals surface area contributed by atoms with Gasteiger partial charge in [0.2, 0.25) is 0 Å². The molecule has 1 unspecified atom stereocenters. The molecule has 122 valence electrons. The Morgan fingerprint density at radius 3 is 2.83 bits per heavy atom. The number of hydrogen-bond acceptors (Lipinski definition) is 4. The van der Waals surface area contributed by atoms with E-state index in [1.807, 2.05) is 0 Å². The number of aryl methyl sites for hydroxylation is 1. The maximum atomic E-state index is 12.3. The van der Waals surface area contributed by atoms with E-state index >= 15 is 0 Å². The van der Waals surface area contributed by atoms with Crippen LogP contribution in [0.2, 0.25) is 0 Å². The maximum Gasteiger partial charge on any atom is 0.323 e. The van der Waals surface area contributed by atoms with E-state index in [0.29, 0.717) is 30.8 Å². The van der Waals surface area contributed by atoms with Crippen LogP contribution in [0, 0.1) is 5.41 Å². The highest BCUT2D eigenvalue weighted by atomic mass is 16.4. The van der Waals surface area contributed by atoms with Gasteiger partial charge in [-0.1, -0.05) is 0 Å². The molecule has 1 aromatic heterocycles. The van der Waals surface area contributed by atoms with Crippen LogP contribution in [0.4, 0.5) is 10.6 Å². The van der Waals surface area contributed by atoms with Crippen molar-refractivity contribution >= 4 is 23.6 Å². The van der Waals surface area contributed by atoms with Crippen molar-refractivity contribution in [3.05, 3.63) is 23.4 Å². The minimum Gasteiger partial charge on any atom is -0.481 e. The molecule has 23 heavy (non-hydrogen) atoms. The third-order valence-corrected chi connectivity index (χ3v) is 4.60. The smallest absolute Gasteiger partial charge is 0.323 e. The summed E-state index contributed by atoms with van der Waals surface area (Å²) in [4.78, 5) is 41.1. The Labute approximate surface area is 133 Å². The lowest BCUT2D eigenvalue weighted by Gasteiger charge is -2.21. The maximum absolute atomic E-state index is 12.3. The van der Waals surface area contributed by atoms with E-state index in [9.17, 15) is 19.5 Å². The molecule has 2 amide bonds. The van der Waals surface area contributed by atoms with Gasteiger partial charge in [0.25, 0.3) is 0 Å². The Bertz CT molecular complexity index is 688. The van der Waals surface area contributed by atoms with Crippen LogP contribution in [0.15, 0.2) is 12.1 Å². The van der Waals surface area contributed by atoms with Crippen molar-refractivity contribution in [1.82, 2.24) is 9.88 Å². The monoisotopic (exact) mass is 317 g/mol. The lowest BCUT2D eigenvalue weighted by atomic mass is 9.90. The Hall–Kier alpha value is -2.44. The summed E-state index contributed by atoms with van der Waals surface area (Å²) < 4.78 is 0. The molecule has 7 nitrogen and oxygen atoms in total. The zero-order chi connectivity index (χ0) is 16.6. The fourth-order valence-corrected chi connectivity index (χ4v) is 3.06. The van der Waals surface area contributed by atoms with Crippen molar-refractivity contribution in [2.45, 2.75) is 32.6 Å². The van der Waals surface area contributed by atoms with Gasteiger partial charge < -0.3 is 10.0 Å². The summed E-state index contributed by atoms with van der Waals surface area (Å²) >= 11 is 0. The number of carbonyl (C=O) groups excluding carboxylic acids is 2. The first-order chi connectivity index (χ1) is 10.9. The number of nitrogens with one attached hydrogen (secondary N) is 1. The van der Waals surface area contributed by atoms with Crippen molar-refractivity contribution in [2.24, 2.45) is 5.41 Å². The lowest BCUT2D eigenvalue weighted by molar-refractivity contribution is -0.146. The van der Waals surface area contributed by atoms with E-state index in [-0.39, 0.29) is 18.4 Å². The number of aromatic nitrogens is 1. The van der Waals surface area contributed by atoms with Gasteiger partial charge in [-0.2, -0.15) is 0 Å². The van der Waals surface area contributed by atoms with Gasteiger partial charge in [-0.3, -0.25) is 14.9 Å². The number of ketones is 1. The molecule has 1 fully saturated rings. The highest BCUT2D eigenvalue weighted by Gasteiger charge is 2.42. The number of aliphatic carboxylic acids is 1. The quantitative estimate of drug-likeness (QED) is 0.868. The first-order valence-corrected chi connectivity index (χ1v) is 7.71. The normalized spacial score (nSPS) is 23.5. The SMILES string of the molecule is CC1(C(=O)O)CCN(C(=O)Nc2ccc3c(n2)CCCC3=O)C1. The van der Waals surface area contributed by atoms with E-state index in [0.717, 1.165) is 18.5 Å². The summed E-state index contributed by atoms with van der Waals surface area (Å²) in [5.74, 6) is -0.404. The Morgan fingerprint density at radius 1 is 1.35 bits per heavy atom. The van der Waals surface area contributed by atoms with Gasteiger partial charge in [-0.15, -0.1) is 0 Å². The van der Waals surface area contributed by atoms with Gasteiger partial charge in [0.1, 0.15) is 5.82 Å². The van der Waals surface area contributed by atoms with Crippen LogP contribution in [0.25, 0.3) is 0 Å². The van der Waals surface area contributed by atoms with Gasteiger partial charge in [0.15, 0.2) is 5.78 Å². The molecule has 1 saturated heterocycles. The van der Waals surface area contributed by atoms with Crippen LogP contribution in [-0.4, -0.2) is 45.9 Å². The fourth-order valence-electron chi connectivity index (χ4n) is 3.06. The number of nitrogens with zero attached hydrogens (tertiary/aromatic N) is 2. The Morgan fingerprint density at radius 2 is 2.13 bits per heavy atom. The number of anilines is 1. The summed E-state index contributed by atoms with van der Waals surface area (Å²) in [6, 6.07) is 2.96. The molecule has 0 bridgehead atoms. The standard InChI is InChI=1S/C16H19N3O4/c1-16(14(21)22)7-8-19(9-16)15(23)18-13-6-5-10-11(17-13)3-2-4-12(10)20/h5-6H,2-4,7-9H2,1H3,(H,21,22)(H,17,18,23). The van der Waals surface area contributed by atoms with Gasteiger partial charge in [-0.05, 0) is 38.3 Å². The van der Waals surface area contributed by atoms with Crippen molar-refractivity contribution < 1.29 is 19.5 Å². The number of likely N-dealkylation sites (tertiary alicyclic amines) is 1. The highest BCUT2D eigenvalue weighted by molar-refractivity contribution is 5.98. The second kappa shape index (κ2) is 5.64. The molecule has 2 aliphatic rings. The Balaban J connectivity index is 1.69. The predicted molar refractivity (Wildman–Crippen MR) is 82.5 cm³/mol. The molecular weight excluding hydrogens is 298 g/mol. The van der Waals surface area contributed by atoms with Crippen molar-refractivity contribution in [3.63, 3.8) is 0 Å². The van der Waals surface area contributed by atoms with E-state index in [4.69, 9.17) is 0 Å². The van der Waals surface area contributed by atoms with Crippen LogP contribution < -0.4 is 5.32 Å². The molecule has 1 aliphatic heterocycles. The summed E-state index contributed by atoms with van der Waals surface area (Å²) in [5, 5.41) is 11.9. The molecule has 0 saturated carbocycles. The third-order valence-electron chi connectivity index (χ3n) is 4.60. The summed E-state index contributed by atoms with van der Waals surface area (Å²) in [7, 11) is 0. The van der Waals surface area contributed by atoms with E-state index in [1.165, 1.54) is 4.90 Å². The molecule has 7 heteroatoms. The number of rotatable bonds is 2. The van der Waals surface area contributed by atoms with Crippen LogP contribution in [-0.2, 0) is 11.2 Å². The van der Waals surface area contributed by atoms with Gasteiger partial charge in [0, 0.05) is 25.1 Å². The zero-order valence-corrected chi connectivity index (χ0v) is 13.0. The molecule has 0 radical (unpaired) electrons. The number of urea groups is 1. The van der Waals surface area contributed by atoms with E-state index in [1.54, 1.807) is 19.1 Å². The second-order valence-corrected chi connectivity index (χ2v) is 6.43. The molecule has 0 spiro atoms. The minimum atomic E-state index is -0.896. The number of pyridine rings is 1. The molecule has 2 N–H and O–H groups in total. The molecule has 1 aliphatic carbocycles. The number of Topliss-reactive ketones (excluding diaryl/α,β-unsaturated/α-hetero) is 1. The molecular formula is C16H19N3O4. The van der Waals surface area contributed by atoms with Crippen LogP contribution >= 0.6 is 0 Å². The number of carboxylic acid groups (broad SMARTS) is 1. The van der Waals surface area contributed by atoms with Crippen LogP contribution in [0.5, 0.6) is 0 Å². The van der Waals surface area contributed by atoms with Crippen molar-refractivity contribution in [2.75, 3.05) is 18.4 Å². The fraction of sp³-hybridized carbons (Fsp3) is 0.500. The number of fused-ring (bicyclic) bond motifs is 1. The largest absolute Gasteiger partial charge is 0.481 e. The molecule has 1 atom stereocenters. The average Bonchev–Trinajstić information content (AvgIpc) is 2.91. The van der Waals surface area contributed by atoms with Crippen LogP contribution in [0.1, 0.15) is 42.2 Å². The second-order valence-electron chi connectivity index (χ2n) is 6.43. The molecule has 2 heterocycles. The molecule has 1 aromatic rings. The van der Waals surface area contributed by atoms with E-state index < -0.39 is 11.4 Å². The summed E-state index contributed by atoms with van der Waals surface area (Å²) in [5.41, 5.74) is 0.456. The lowest BCUT2D eigenvalue weighted by Crippen LogP contribution is -2.37. The number of carboxylic acids is 1. The Kier molecular flexibility index (Phi) is 3.79. The summed E-state index contributed by atoms with van der Waals surface area (Å²) in [6.07, 6.45) is 2.48.